The summed E-state index contributed by atoms with van der Waals surface area (Å²) in [6, 6.07) is 1.19. The molecule has 2 rings (SSSR count). The van der Waals surface area contributed by atoms with Crippen molar-refractivity contribution < 1.29 is 4.79 Å². The summed E-state index contributed by atoms with van der Waals surface area (Å²) in [4.78, 5) is 41.3. The Hall–Kier alpha value is -2.22. The first-order chi connectivity index (χ1) is 8.95. The number of anilines is 1. The number of aromatic amines is 1. The van der Waals surface area contributed by atoms with Crippen LogP contribution in [0.25, 0.3) is 0 Å². The van der Waals surface area contributed by atoms with Gasteiger partial charge in [-0.05, 0) is 13.8 Å². The van der Waals surface area contributed by atoms with Crippen molar-refractivity contribution in [3.63, 3.8) is 0 Å². The molecular formula is C11H12N4O3S. The Kier molecular flexibility index (Phi) is 3.61. The number of nitrogens with zero attached hydrogens (tertiary/aromatic N) is 2. The highest BCUT2D eigenvalue weighted by Crippen LogP contribution is 2.20. The highest BCUT2D eigenvalue weighted by molar-refractivity contribution is 7.15. The fourth-order valence-corrected chi connectivity index (χ4v) is 2.24. The van der Waals surface area contributed by atoms with Gasteiger partial charge in [0.25, 0.3) is 5.56 Å². The van der Waals surface area contributed by atoms with E-state index in [2.05, 4.69) is 15.3 Å². The molecule has 2 aromatic rings. The van der Waals surface area contributed by atoms with Gasteiger partial charge < -0.3 is 5.32 Å². The zero-order valence-electron chi connectivity index (χ0n) is 10.4. The second-order valence-electron chi connectivity index (χ2n) is 3.95. The van der Waals surface area contributed by atoms with E-state index in [0.717, 1.165) is 15.1 Å². The molecule has 2 heterocycles. The van der Waals surface area contributed by atoms with E-state index < -0.39 is 11.2 Å². The van der Waals surface area contributed by atoms with Crippen LogP contribution in [0.2, 0.25) is 0 Å². The summed E-state index contributed by atoms with van der Waals surface area (Å²) < 4.78 is 1.12. The lowest BCUT2D eigenvalue weighted by atomic mass is 10.4. The molecule has 19 heavy (non-hydrogen) atoms. The predicted octanol–water partition coefficient (Wildman–Crippen LogP) is 0.249. The van der Waals surface area contributed by atoms with E-state index in [4.69, 9.17) is 0 Å². The number of nitrogens with one attached hydrogen (secondary N) is 2. The molecule has 0 atom stereocenters. The van der Waals surface area contributed by atoms with Crippen LogP contribution in [0.5, 0.6) is 0 Å². The van der Waals surface area contributed by atoms with E-state index in [-0.39, 0.29) is 12.5 Å². The second kappa shape index (κ2) is 5.19. The van der Waals surface area contributed by atoms with Crippen molar-refractivity contribution >= 4 is 22.4 Å². The van der Waals surface area contributed by atoms with Crippen molar-refractivity contribution in [2.75, 3.05) is 5.32 Å². The SMILES string of the molecule is Cc1nc(NC(=O)Cn2ccc(=O)[nH]c2=O)sc1C. The normalized spacial score (nSPS) is 10.4. The predicted molar refractivity (Wildman–Crippen MR) is 71.5 cm³/mol. The van der Waals surface area contributed by atoms with Crippen LogP contribution in [0.3, 0.4) is 0 Å². The highest BCUT2D eigenvalue weighted by atomic mass is 32.1. The average Bonchev–Trinajstić information content (AvgIpc) is 2.62. The number of rotatable bonds is 3. The molecule has 0 bridgehead atoms. The van der Waals surface area contributed by atoms with Crippen molar-refractivity contribution in [2.24, 2.45) is 0 Å². The summed E-state index contributed by atoms with van der Waals surface area (Å²) in [5.41, 5.74) is -0.247. The van der Waals surface area contributed by atoms with Gasteiger partial charge in [0.2, 0.25) is 5.91 Å². The molecule has 0 saturated carbocycles. The Balaban J connectivity index is 2.09. The fraction of sp³-hybridized carbons (Fsp3) is 0.273. The molecule has 1 amide bonds. The van der Waals surface area contributed by atoms with E-state index >= 15 is 0 Å². The standard InChI is InChI=1S/C11H12N4O3S/c1-6-7(2)19-10(12-6)13-9(17)5-15-4-3-8(16)14-11(15)18/h3-4H,5H2,1-2H3,(H,12,13,17)(H,14,16,18). The first-order valence-electron chi connectivity index (χ1n) is 5.49. The lowest BCUT2D eigenvalue weighted by Gasteiger charge is -2.03. The molecule has 0 radical (unpaired) electrons. The molecule has 7 nitrogen and oxygen atoms in total. The quantitative estimate of drug-likeness (QED) is 0.842. The monoisotopic (exact) mass is 280 g/mol. The summed E-state index contributed by atoms with van der Waals surface area (Å²) in [6.07, 6.45) is 1.28. The maximum absolute atomic E-state index is 11.7. The van der Waals surface area contributed by atoms with Gasteiger partial charge in [-0.1, -0.05) is 0 Å². The minimum Gasteiger partial charge on any atom is -0.300 e. The van der Waals surface area contributed by atoms with Gasteiger partial charge in [0.1, 0.15) is 6.54 Å². The summed E-state index contributed by atoms with van der Waals surface area (Å²) >= 11 is 1.37. The molecule has 0 aliphatic carbocycles. The van der Waals surface area contributed by atoms with Gasteiger partial charge in [0.15, 0.2) is 5.13 Å². The maximum Gasteiger partial charge on any atom is 0.328 e. The van der Waals surface area contributed by atoms with Gasteiger partial charge >= 0.3 is 5.69 Å². The fourth-order valence-electron chi connectivity index (χ4n) is 1.41. The number of carbonyl (C=O) groups is 1. The number of aromatic nitrogens is 3. The van der Waals surface area contributed by atoms with Gasteiger partial charge in [-0.2, -0.15) is 0 Å². The van der Waals surface area contributed by atoms with Crippen LogP contribution in [0.1, 0.15) is 10.6 Å². The Morgan fingerprint density at radius 2 is 2.21 bits per heavy atom. The minimum absolute atomic E-state index is 0.173. The molecule has 0 aromatic carbocycles. The van der Waals surface area contributed by atoms with Crippen LogP contribution in [-0.4, -0.2) is 20.4 Å². The van der Waals surface area contributed by atoms with E-state index in [1.807, 2.05) is 13.8 Å². The maximum atomic E-state index is 11.7. The lowest BCUT2D eigenvalue weighted by molar-refractivity contribution is -0.116. The number of thiazole rings is 1. The Labute approximate surface area is 111 Å². The number of hydrogen-bond donors (Lipinski definition) is 2. The molecule has 2 aromatic heterocycles. The molecule has 100 valence electrons. The van der Waals surface area contributed by atoms with Crippen molar-refractivity contribution in [1.29, 1.82) is 0 Å². The highest BCUT2D eigenvalue weighted by Gasteiger charge is 2.09. The van der Waals surface area contributed by atoms with Crippen LogP contribution in [0, 0.1) is 13.8 Å². The Bertz CT molecular complexity index is 709. The van der Waals surface area contributed by atoms with E-state index in [1.165, 1.54) is 23.6 Å². The topological polar surface area (TPSA) is 96.8 Å². The van der Waals surface area contributed by atoms with Gasteiger partial charge in [-0.3, -0.25) is 19.1 Å². The summed E-state index contributed by atoms with van der Waals surface area (Å²) in [6.45, 7) is 3.59. The summed E-state index contributed by atoms with van der Waals surface area (Å²) in [5.74, 6) is -0.372. The Morgan fingerprint density at radius 3 is 2.79 bits per heavy atom. The summed E-state index contributed by atoms with van der Waals surface area (Å²) in [7, 11) is 0. The number of amides is 1. The van der Waals surface area contributed by atoms with Gasteiger partial charge in [-0.15, -0.1) is 11.3 Å². The van der Waals surface area contributed by atoms with Crippen LogP contribution in [-0.2, 0) is 11.3 Å². The molecule has 0 aliphatic rings. The second-order valence-corrected chi connectivity index (χ2v) is 5.15. The first-order valence-corrected chi connectivity index (χ1v) is 6.31. The van der Waals surface area contributed by atoms with Gasteiger partial charge in [-0.25, -0.2) is 9.78 Å². The lowest BCUT2D eigenvalue weighted by Crippen LogP contribution is -2.32. The van der Waals surface area contributed by atoms with Gasteiger partial charge in [0.05, 0.1) is 5.69 Å². The van der Waals surface area contributed by atoms with Gasteiger partial charge in [0, 0.05) is 17.1 Å². The zero-order valence-corrected chi connectivity index (χ0v) is 11.2. The zero-order chi connectivity index (χ0) is 14.0. The molecule has 0 aliphatic heterocycles. The minimum atomic E-state index is -0.617. The average molecular weight is 280 g/mol. The van der Waals surface area contributed by atoms with E-state index in [1.54, 1.807) is 0 Å². The molecule has 0 unspecified atom stereocenters. The summed E-state index contributed by atoms with van der Waals surface area (Å²) in [5, 5.41) is 3.11. The van der Waals surface area contributed by atoms with Crippen molar-refractivity contribution in [1.82, 2.24) is 14.5 Å². The molecule has 0 saturated heterocycles. The molecule has 2 N–H and O–H groups in total. The third-order valence-electron chi connectivity index (χ3n) is 2.49. The number of aryl methyl sites for hydroxylation is 2. The van der Waals surface area contributed by atoms with E-state index in [9.17, 15) is 14.4 Å². The molecular weight excluding hydrogens is 268 g/mol. The largest absolute Gasteiger partial charge is 0.328 e. The van der Waals surface area contributed by atoms with Crippen molar-refractivity contribution in [3.05, 3.63) is 43.7 Å². The van der Waals surface area contributed by atoms with Crippen molar-refractivity contribution in [3.8, 4) is 0 Å². The third kappa shape index (κ3) is 3.16. The van der Waals surface area contributed by atoms with Crippen LogP contribution in [0.4, 0.5) is 5.13 Å². The van der Waals surface area contributed by atoms with E-state index in [0.29, 0.717) is 5.13 Å². The first kappa shape index (κ1) is 13.2. The number of H-pyrrole nitrogens is 1. The molecule has 8 heteroatoms. The smallest absolute Gasteiger partial charge is 0.300 e. The molecule has 0 fully saturated rings. The third-order valence-corrected chi connectivity index (χ3v) is 3.47. The number of hydrogen-bond acceptors (Lipinski definition) is 5. The van der Waals surface area contributed by atoms with Crippen molar-refractivity contribution in [2.45, 2.75) is 20.4 Å². The Morgan fingerprint density at radius 1 is 1.47 bits per heavy atom. The molecule has 0 spiro atoms. The number of carbonyl (C=O) groups excluding carboxylic acids is 1. The van der Waals surface area contributed by atoms with Crippen LogP contribution in [0.15, 0.2) is 21.9 Å². The van der Waals surface area contributed by atoms with Crippen LogP contribution >= 0.6 is 11.3 Å². The van der Waals surface area contributed by atoms with Crippen LogP contribution < -0.4 is 16.6 Å².